The van der Waals surface area contributed by atoms with Crippen molar-refractivity contribution in [3.63, 3.8) is 0 Å². The lowest BCUT2D eigenvalue weighted by Gasteiger charge is -2.05. The van der Waals surface area contributed by atoms with Crippen molar-refractivity contribution in [1.29, 1.82) is 5.26 Å². The summed E-state index contributed by atoms with van der Waals surface area (Å²) in [5, 5.41) is 11.5. The van der Waals surface area contributed by atoms with Crippen molar-refractivity contribution in [3.05, 3.63) is 23.4 Å². The van der Waals surface area contributed by atoms with Crippen molar-refractivity contribution < 1.29 is 4.79 Å². The quantitative estimate of drug-likeness (QED) is 0.883. The zero-order valence-electron chi connectivity index (χ0n) is 12.4. The van der Waals surface area contributed by atoms with E-state index in [2.05, 4.69) is 10.3 Å². The summed E-state index contributed by atoms with van der Waals surface area (Å²) in [7, 11) is 0. The molecule has 1 heterocycles. The van der Waals surface area contributed by atoms with Crippen LogP contribution in [-0.2, 0) is 4.79 Å². The highest BCUT2D eigenvalue weighted by atomic mass is 16.2. The van der Waals surface area contributed by atoms with Crippen molar-refractivity contribution in [3.8, 4) is 6.07 Å². The molecule has 0 atom stereocenters. The average Bonchev–Trinajstić information content (AvgIpc) is 3.29. The standard InChI is InChI=1S/C11H11N3O.2C2H6/c1-7-4-9(5-12)10(13-6-7)14-11(15)8-2-3-8;2*1-2/h4,6,8H,2-3H2,1H3,(H,13,14,15);2*1-2H3. The molecule has 0 saturated heterocycles. The summed E-state index contributed by atoms with van der Waals surface area (Å²) in [5.41, 5.74) is 1.33. The van der Waals surface area contributed by atoms with Crippen LogP contribution >= 0.6 is 0 Å². The van der Waals surface area contributed by atoms with Crippen LogP contribution in [0.3, 0.4) is 0 Å². The Labute approximate surface area is 115 Å². The Balaban J connectivity index is 0.000000741. The molecule has 1 amide bonds. The molecule has 4 heteroatoms. The van der Waals surface area contributed by atoms with Crippen molar-refractivity contribution in [1.82, 2.24) is 4.98 Å². The van der Waals surface area contributed by atoms with Crippen LogP contribution in [0, 0.1) is 24.2 Å². The number of hydrogen-bond donors (Lipinski definition) is 1. The molecule has 1 aliphatic carbocycles. The fraction of sp³-hybridized carbons (Fsp3) is 0.533. The molecule has 0 unspecified atom stereocenters. The number of rotatable bonds is 2. The maximum Gasteiger partial charge on any atom is 0.228 e. The molecule has 1 saturated carbocycles. The van der Waals surface area contributed by atoms with E-state index in [-0.39, 0.29) is 11.8 Å². The van der Waals surface area contributed by atoms with Gasteiger partial charge in [-0.2, -0.15) is 5.26 Å². The maximum atomic E-state index is 11.5. The number of amides is 1. The molecule has 4 nitrogen and oxygen atoms in total. The van der Waals surface area contributed by atoms with Gasteiger partial charge in [0.05, 0.1) is 5.56 Å². The summed E-state index contributed by atoms with van der Waals surface area (Å²) in [5.74, 6) is 0.475. The number of nitriles is 1. The summed E-state index contributed by atoms with van der Waals surface area (Å²) in [4.78, 5) is 15.5. The Hall–Kier alpha value is -1.89. The second-order valence-corrected chi connectivity index (χ2v) is 3.78. The predicted molar refractivity (Wildman–Crippen MR) is 77.7 cm³/mol. The fourth-order valence-electron chi connectivity index (χ4n) is 1.32. The molecule has 0 bridgehead atoms. The number of aryl methyl sites for hydroxylation is 1. The molecule has 0 aromatic carbocycles. The number of aromatic nitrogens is 1. The van der Waals surface area contributed by atoms with E-state index >= 15 is 0 Å². The largest absolute Gasteiger partial charge is 0.309 e. The van der Waals surface area contributed by atoms with Gasteiger partial charge in [-0.25, -0.2) is 4.98 Å². The monoisotopic (exact) mass is 261 g/mol. The first-order valence-corrected chi connectivity index (χ1v) is 6.88. The highest BCUT2D eigenvalue weighted by Crippen LogP contribution is 2.30. The number of anilines is 1. The van der Waals surface area contributed by atoms with E-state index in [1.807, 2.05) is 40.7 Å². The molecule has 1 aliphatic rings. The summed E-state index contributed by atoms with van der Waals surface area (Å²) in [6.07, 6.45) is 3.53. The molecule has 2 rings (SSSR count). The highest BCUT2D eigenvalue weighted by Gasteiger charge is 2.30. The van der Waals surface area contributed by atoms with E-state index in [9.17, 15) is 4.79 Å². The molecular formula is C15H23N3O. The van der Waals surface area contributed by atoms with Crippen LogP contribution < -0.4 is 5.32 Å². The first kappa shape index (κ1) is 17.1. The van der Waals surface area contributed by atoms with Gasteiger partial charge in [-0.05, 0) is 31.4 Å². The zero-order valence-corrected chi connectivity index (χ0v) is 12.4. The first-order valence-electron chi connectivity index (χ1n) is 6.88. The molecule has 0 spiro atoms. The van der Waals surface area contributed by atoms with Crippen LogP contribution in [0.2, 0.25) is 0 Å². The highest BCUT2D eigenvalue weighted by molar-refractivity contribution is 5.94. The number of pyridine rings is 1. The average molecular weight is 261 g/mol. The van der Waals surface area contributed by atoms with Crippen LogP contribution in [0.15, 0.2) is 12.3 Å². The Bertz CT molecular complexity index is 445. The van der Waals surface area contributed by atoms with Crippen LogP contribution in [0.25, 0.3) is 0 Å². The maximum absolute atomic E-state index is 11.5. The third-order valence-corrected chi connectivity index (χ3v) is 2.33. The van der Waals surface area contributed by atoms with Gasteiger partial charge in [0.25, 0.3) is 0 Å². The van der Waals surface area contributed by atoms with Gasteiger partial charge in [0.2, 0.25) is 5.91 Å². The van der Waals surface area contributed by atoms with Crippen molar-refractivity contribution in [2.75, 3.05) is 5.32 Å². The van der Waals surface area contributed by atoms with Gasteiger partial charge < -0.3 is 5.32 Å². The van der Waals surface area contributed by atoms with Gasteiger partial charge in [0, 0.05) is 12.1 Å². The van der Waals surface area contributed by atoms with Gasteiger partial charge in [-0.3, -0.25) is 4.79 Å². The molecule has 1 aromatic rings. The molecule has 1 fully saturated rings. The SMILES string of the molecule is CC.CC.Cc1cnc(NC(=O)C2CC2)c(C#N)c1. The number of carbonyl (C=O) groups is 1. The minimum atomic E-state index is -0.0251. The molecule has 19 heavy (non-hydrogen) atoms. The van der Waals surface area contributed by atoms with Gasteiger partial charge in [0.15, 0.2) is 0 Å². The summed E-state index contributed by atoms with van der Waals surface area (Å²) in [6, 6.07) is 3.74. The van der Waals surface area contributed by atoms with Crippen LogP contribution in [0.5, 0.6) is 0 Å². The third-order valence-electron chi connectivity index (χ3n) is 2.33. The van der Waals surface area contributed by atoms with E-state index in [0.717, 1.165) is 18.4 Å². The second-order valence-electron chi connectivity index (χ2n) is 3.78. The third kappa shape index (κ3) is 5.52. The first-order chi connectivity index (χ1) is 9.20. The van der Waals surface area contributed by atoms with Crippen molar-refractivity contribution in [2.45, 2.75) is 47.5 Å². The predicted octanol–water partition coefficient (Wildman–Crippen LogP) is 3.66. The number of nitrogens with one attached hydrogen (secondary N) is 1. The lowest BCUT2D eigenvalue weighted by molar-refractivity contribution is -0.117. The number of nitrogens with zero attached hydrogens (tertiary/aromatic N) is 2. The Morgan fingerprint density at radius 3 is 2.42 bits per heavy atom. The van der Waals surface area contributed by atoms with E-state index in [0.29, 0.717) is 11.4 Å². The van der Waals surface area contributed by atoms with Gasteiger partial charge in [-0.1, -0.05) is 27.7 Å². The molecule has 104 valence electrons. The van der Waals surface area contributed by atoms with Gasteiger partial charge >= 0.3 is 0 Å². The van der Waals surface area contributed by atoms with E-state index in [1.165, 1.54) is 0 Å². The number of carbonyl (C=O) groups excluding carboxylic acids is 1. The Kier molecular flexibility index (Phi) is 8.19. The smallest absolute Gasteiger partial charge is 0.228 e. The molecular weight excluding hydrogens is 238 g/mol. The summed E-state index contributed by atoms with van der Waals surface area (Å²) >= 11 is 0. The van der Waals surface area contributed by atoms with Crippen molar-refractivity contribution >= 4 is 11.7 Å². The minimum absolute atomic E-state index is 0.0251. The summed E-state index contributed by atoms with van der Waals surface area (Å²) < 4.78 is 0. The zero-order chi connectivity index (χ0) is 14.8. The van der Waals surface area contributed by atoms with Crippen molar-refractivity contribution in [2.24, 2.45) is 5.92 Å². The molecule has 1 N–H and O–H groups in total. The minimum Gasteiger partial charge on any atom is -0.309 e. The van der Waals surface area contributed by atoms with E-state index in [4.69, 9.17) is 5.26 Å². The lowest BCUT2D eigenvalue weighted by Crippen LogP contribution is -2.15. The number of hydrogen-bond acceptors (Lipinski definition) is 3. The molecule has 0 aliphatic heterocycles. The topological polar surface area (TPSA) is 65.8 Å². The second kappa shape index (κ2) is 9.09. The van der Waals surface area contributed by atoms with Gasteiger partial charge in [0.1, 0.15) is 11.9 Å². The normalized spacial score (nSPS) is 12.0. The summed E-state index contributed by atoms with van der Waals surface area (Å²) in [6.45, 7) is 9.86. The fourth-order valence-corrected chi connectivity index (χ4v) is 1.32. The van der Waals surface area contributed by atoms with Crippen LogP contribution in [0.1, 0.15) is 51.7 Å². The van der Waals surface area contributed by atoms with Crippen LogP contribution in [0.4, 0.5) is 5.82 Å². The van der Waals surface area contributed by atoms with E-state index < -0.39 is 0 Å². The Morgan fingerprint density at radius 1 is 1.37 bits per heavy atom. The van der Waals surface area contributed by atoms with E-state index in [1.54, 1.807) is 12.3 Å². The molecule has 0 radical (unpaired) electrons. The lowest BCUT2D eigenvalue weighted by atomic mass is 10.2. The van der Waals surface area contributed by atoms with Gasteiger partial charge in [-0.15, -0.1) is 0 Å². The van der Waals surface area contributed by atoms with Crippen LogP contribution in [-0.4, -0.2) is 10.9 Å². The molecule has 1 aromatic heterocycles. The Morgan fingerprint density at radius 2 is 1.95 bits per heavy atom.